The Morgan fingerprint density at radius 2 is 0.614 bits per heavy atom. The van der Waals surface area contributed by atoms with Gasteiger partial charge in [0.2, 0.25) is 35.4 Å². The fourth-order valence-corrected chi connectivity index (χ4v) is 12.4. The number of aromatic amines is 3. The van der Waals surface area contributed by atoms with Crippen LogP contribution in [0.3, 0.4) is 0 Å². The van der Waals surface area contributed by atoms with Gasteiger partial charge in [0, 0.05) is 93.0 Å². The third-order valence-corrected chi connectivity index (χ3v) is 17.8. The summed E-state index contributed by atoms with van der Waals surface area (Å²) in [5.41, 5.74) is 7.67. The van der Waals surface area contributed by atoms with Crippen LogP contribution in [-0.4, -0.2) is 130 Å². The number of sulfone groups is 3. The molecule has 0 aliphatic carbocycles. The largest absolute Gasteiger partial charge is 0.361 e. The number of nitrogens with one attached hydrogen (secondary N) is 9. The third-order valence-electron chi connectivity index (χ3n) is 14.9. The molecule has 6 amide bonds. The summed E-state index contributed by atoms with van der Waals surface area (Å²) in [5.74, 6) is -5.07. The molecule has 0 radical (unpaired) electrons. The lowest BCUT2D eigenvalue weighted by Gasteiger charge is -2.22. The monoisotopic (exact) mass is 1250 g/mol. The summed E-state index contributed by atoms with van der Waals surface area (Å²) in [6, 6.07) is 39.2. The highest BCUT2D eigenvalue weighted by Crippen LogP contribution is 2.34. The first kappa shape index (κ1) is 63.1. The second-order valence-corrected chi connectivity index (χ2v) is 28.8. The van der Waals surface area contributed by atoms with Gasteiger partial charge in [-0.3, -0.25) is 28.8 Å². The maximum absolute atomic E-state index is 13.9. The molecule has 0 aliphatic heterocycles. The molecule has 0 spiro atoms. The van der Waals surface area contributed by atoms with Crippen LogP contribution in [0.25, 0.3) is 32.7 Å². The fourth-order valence-electron chi connectivity index (χ4n) is 10.4. The number of fused-ring (bicyclic) bond motifs is 3. The number of para-hydroxylation sites is 3. The molecule has 24 heteroatoms. The van der Waals surface area contributed by atoms with Crippen LogP contribution in [0, 0.1) is 0 Å². The SMILES string of the molecule is CS(=O)(=O)CC[C@H](NC(=O)Cc1c[nH]c2ccccc12)C(=O)Nc1ccc(C(c2ccc(NC(=O)[C@H](CCS(C)(=O)=O)NC(=O)Cc3c[nH]c4ccccc34)cc2)c2ccc(NC(=O)[C@H](CCS(C)(=O)=O)NC(=O)Cc3c[nH]c4ccccc34)cc2)cc1. The van der Waals surface area contributed by atoms with Crippen molar-refractivity contribution in [3.05, 3.63) is 198 Å². The van der Waals surface area contributed by atoms with Gasteiger partial charge in [0.1, 0.15) is 47.6 Å². The summed E-state index contributed by atoms with van der Waals surface area (Å²) < 4.78 is 73.8. The minimum atomic E-state index is -3.53. The summed E-state index contributed by atoms with van der Waals surface area (Å²) in [4.78, 5) is 91.5. The molecule has 21 nitrogen and oxygen atoms in total. The van der Waals surface area contributed by atoms with E-state index in [-0.39, 0.29) is 55.8 Å². The normalized spacial score (nSPS) is 13.0. The lowest BCUT2D eigenvalue weighted by molar-refractivity contribution is -0.126. The van der Waals surface area contributed by atoms with Crippen molar-refractivity contribution in [2.24, 2.45) is 0 Å². The molecule has 0 bridgehead atoms. The molecular weight excluding hydrogens is 1180 g/mol. The van der Waals surface area contributed by atoms with Gasteiger partial charge >= 0.3 is 0 Å². The van der Waals surface area contributed by atoms with E-state index in [1.165, 1.54) is 0 Å². The number of hydrogen-bond acceptors (Lipinski definition) is 12. The summed E-state index contributed by atoms with van der Waals surface area (Å²) in [5, 5.41) is 19.2. The average Bonchev–Trinajstić information content (AvgIpc) is 2.48. The van der Waals surface area contributed by atoms with Crippen LogP contribution in [-0.2, 0) is 77.5 Å². The molecule has 9 N–H and O–H groups in total. The van der Waals surface area contributed by atoms with E-state index >= 15 is 0 Å². The van der Waals surface area contributed by atoms with Gasteiger partial charge < -0.3 is 46.9 Å². The predicted molar refractivity (Wildman–Crippen MR) is 341 cm³/mol. The van der Waals surface area contributed by atoms with Gasteiger partial charge in [-0.15, -0.1) is 0 Å². The Labute approximate surface area is 509 Å². The van der Waals surface area contributed by atoms with Crippen molar-refractivity contribution in [1.29, 1.82) is 0 Å². The number of anilines is 3. The standard InChI is InChI=1S/C64H67N9O12S3/c1-86(80,81)31-28-55(71-58(74)34-43-37-65-52-13-7-4-10-49(43)52)62(77)68-46-22-16-40(17-23-46)61(41-18-24-47(25-19-41)69-63(78)56(29-32-87(2,82)83)72-59(75)35-44-38-66-53-14-8-5-11-50(44)53)42-20-26-48(27-21-42)70-64(79)57(30-33-88(3,84)85)73-60(76)36-45-39-67-54-15-9-6-12-51(45)54/h4-27,37-39,55-57,61,65-67H,28-36H2,1-3H3,(H,68,77)(H,69,78)(H,70,79)(H,71,74)(H,72,75)(H,73,76)/t55-,56-,57-/m0/s1. The van der Waals surface area contributed by atoms with Gasteiger partial charge in [0.25, 0.3) is 0 Å². The van der Waals surface area contributed by atoms with Crippen molar-refractivity contribution in [3.8, 4) is 0 Å². The van der Waals surface area contributed by atoms with Crippen LogP contribution >= 0.6 is 0 Å². The highest BCUT2D eigenvalue weighted by Gasteiger charge is 2.28. The van der Waals surface area contributed by atoms with E-state index in [4.69, 9.17) is 0 Å². The minimum absolute atomic E-state index is 0.0715. The quantitative estimate of drug-likeness (QED) is 0.0246. The number of H-pyrrole nitrogens is 3. The summed E-state index contributed by atoms with van der Waals surface area (Å²) in [7, 11) is -10.6. The number of carbonyl (C=O) groups excluding carboxylic acids is 6. The molecule has 0 aliphatic rings. The lowest BCUT2D eigenvalue weighted by atomic mass is 9.85. The van der Waals surface area contributed by atoms with Gasteiger partial charge in [0.15, 0.2) is 0 Å². The van der Waals surface area contributed by atoms with Gasteiger partial charge in [0.05, 0.1) is 36.5 Å². The Hall–Kier alpha value is -9.39. The molecule has 9 aromatic rings. The molecule has 9 rings (SSSR count). The first-order chi connectivity index (χ1) is 41.9. The second-order valence-electron chi connectivity index (χ2n) is 22.0. The summed E-state index contributed by atoms with van der Waals surface area (Å²) in [6.45, 7) is 0. The molecule has 3 heterocycles. The van der Waals surface area contributed by atoms with Crippen molar-refractivity contribution < 1.29 is 54.0 Å². The minimum Gasteiger partial charge on any atom is -0.361 e. The number of carbonyl (C=O) groups is 6. The van der Waals surface area contributed by atoms with E-state index in [9.17, 15) is 54.0 Å². The number of benzene rings is 6. The molecule has 3 aromatic heterocycles. The molecule has 0 saturated carbocycles. The maximum atomic E-state index is 13.9. The Kier molecular flexibility index (Phi) is 19.8. The Balaban J connectivity index is 0.948. The maximum Gasteiger partial charge on any atom is 0.246 e. The summed E-state index contributed by atoms with van der Waals surface area (Å²) in [6.07, 6.45) is 7.47. The topological polar surface area (TPSA) is 324 Å². The zero-order valence-corrected chi connectivity index (χ0v) is 50.8. The van der Waals surface area contributed by atoms with Gasteiger partial charge in [-0.1, -0.05) is 91.0 Å². The zero-order chi connectivity index (χ0) is 62.8. The second kappa shape index (κ2) is 27.5. The molecular formula is C64H67N9O12S3. The van der Waals surface area contributed by atoms with Crippen LogP contribution in [0.15, 0.2) is 164 Å². The average molecular weight is 1250 g/mol. The Morgan fingerprint density at radius 3 is 0.864 bits per heavy atom. The first-order valence-electron chi connectivity index (χ1n) is 28.2. The molecule has 0 unspecified atom stereocenters. The molecule has 0 fully saturated rings. The van der Waals surface area contributed by atoms with Crippen LogP contribution in [0.5, 0.6) is 0 Å². The van der Waals surface area contributed by atoms with Gasteiger partial charge in [-0.05, 0) is 107 Å². The third kappa shape index (κ3) is 17.4. The molecule has 458 valence electrons. The predicted octanol–water partition coefficient (Wildman–Crippen LogP) is 6.61. The highest BCUT2D eigenvalue weighted by molar-refractivity contribution is 7.91. The Bertz CT molecular complexity index is 3940. The van der Waals surface area contributed by atoms with Crippen LogP contribution < -0.4 is 31.9 Å². The smallest absolute Gasteiger partial charge is 0.246 e. The first-order valence-corrected chi connectivity index (χ1v) is 34.4. The van der Waals surface area contributed by atoms with Crippen LogP contribution in [0.1, 0.15) is 58.6 Å². The van der Waals surface area contributed by atoms with Crippen molar-refractivity contribution in [2.75, 3.05) is 52.0 Å². The van der Waals surface area contributed by atoms with E-state index in [2.05, 4.69) is 46.9 Å². The number of hydrogen-bond donors (Lipinski definition) is 9. The van der Waals surface area contributed by atoms with Crippen molar-refractivity contribution >= 4 is 115 Å². The highest BCUT2D eigenvalue weighted by atomic mass is 32.2. The Morgan fingerprint density at radius 1 is 0.364 bits per heavy atom. The molecule has 0 saturated heterocycles. The van der Waals surface area contributed by atoms with E-state index in [1.54, 1.807) is 91.4 Å². The van der Waals surface area contributed by atoms with Crippen molar-refractivity contribution in [2.45, 2.75) is 62.6 Å². The number of aromatic nitrogens is 3. The van der Waals surface area contributed by atoms with E-state index in [1.807, 2.05) is 72.8 Å². The van der Waals surface area contributed by atoms with Gasteiger partial charge in [-0.25, -0.2) is 25.3 Å². The molecule has 3 atom stereocenters. The van der Waals surface area contributed by atoms with E-state index in [0.717, 1.165) is 51.5 Å². The summed E-state index contributed by atoms with van der Waals surface area (Å²) >= 11 is 0. The molecule has 6 aromatic carbocycles. The van der Waals surface area contributed by atoms with Crippen molar-refractivity contribution in [1.82, 2.24) is 30.9 Å². The van der Waals surface area contributed by atoms with Gasteiger partial charge in [-0.2, -0.15) is 0 Å². The van der Waals surface area contributed by atoms with E-state index < -0.39 is 89.0 Å². The lowest BCUT2D eigenvalue weighted by Crippen LogP contribution is -2.45. The van der Waals surface area contributed by atoms with Crippen LogP contribution in [0.2, 0.25) is 0 Å². The molecule has 88 heavy (non-hydrogen) atoms. The van der Waals surface area contributed by atoms with Crippen LogP contribution in [0.4, 0.5) is 17.1 Å². The van der Waals surface area contributed by atoms with Crippen molar-refractivity contribution in [3.63, 3.8) is 0 Å². The van der Waals surface area contributed by atoms with E-state index in [0.29, 0.717) is 50.4 Å². The number of amides is 6. The number of rotatable bonds is 27. The zero-order valence-electron chi connectivity index (χ0n) is 48.4. The fraction of sp³-hybridized carbons (Fsp3) is 0.250.